The van der Waals surface area contributed by atoms with E-state index in [2.05, 4.69) is 4.72 Å². The molecule has 0 spiro atoms. The van der Waals surface area contributed by atoms with Gasteiger partial charge in [0.15, 0.2) is 4.90 Å². The number of nitrogens with one attached hydrogen (secondary N) is 1. The minimum atomic E-state index is -4.12. The van der Waals surface area contributed by atoms with Gasteiger partial charge in [0.2, 0.25) is 10.0 Å². The molecule has 10 heteroatoms. The van der Waals surface area contributed by atoms with E-state index in [1.807, 2.05) is 0 Å². The molecule has 0 radical (unpaired) electrons. The third-order valence-corrected chi connectivity index (χ3v) is 4.26. The summed E-state index contributed by atoms with van der Waals surface area (Å²) in [6, 6.07) is 0. The molecular formula is C11H17N3O6S. The summed E-state index contributed by atoms with van der Waals surface area (Å²) in [5.74, 6) is -1.48. The largest absolute Gasteiger partial charge is 0.481 e. The zero-order valence-electron chi connectivity index (χ0n) is 11.9. The molecule has 21 heavy (non-hydrogen) atoms. The molecule has 2 N–H and O–H groups in total. The van der Waals surface area contributed by atoms with Crippen LogP contribution in [0.15, 0.2) is 20.7 Å². The second-order valence-corrected chi connectivity index (χ2v) is 6.54. The number of sulfonamides is 1. The van der Waals surface area contributed by atoms with Crippen molar-refractivity contribution < 1.29 is 18.3 Å². The number of hydrogen-bond donors (Lipinski definition) is 2. The van der Waals surface area contributed by atoms with Crippen molar-refractivity contribution in [3.05, 3.63) is 27.0 Å². The van der Waals surface area contributed by atoms with Gasteiger partial charge in [-0.15, -0.1) is 0 Å². The van der Waals surface area contributed by atoms with Crippen LogP contribution in [0, 0.1) is 5.92 Å². The van der Waals surface area contributed by atoms with Crippen molar-refractivity contribution in [2.24, 2.45) is 20.0 Å². The van der Waals surface area contributed by atoms with Crippen LogP contribution >= 0.6 is 0 Å². The normalized spacial score (nSPS) is 13.1. The highest BCUT2D eigenvalue weighted by Gasteiger charge is 2.22. The number of nitrogens with zero attached hydrogens (tertiary/aromatic N) is 2. The molecule has 1 aromatic rings. The Kier molecular flexibility index (Phi) is 5.07. The van der Waals surface area contributed by atoms with Crippen LogP contribution in [0.25, 0.3) is 0 Å². The van der Waals surface area contributed by atoms with Gasteiger partial charge in [-0.1, -0.05) is 6.92 Å². The molecule has 0 aliphatic rings. The molecule has 1 heterocycles. The van der Waals surface area contributed by atoms with E-state index < -0.39 is 38.1 Å². The van der Waals surface area contributed by atoms with Gasteiger partial charge in [0.25, 0.3) is 5.56 Å². The highest BCUT2D eigenvalue weighted by atomic mass is 32.2. The molecular weight excluding hydrogens is 302 g/mol. The van der Waals surface area contributed by atoms with E-state index in [0.717, 1.165) is 10.8 Å². The van der Waals surface area contributed by atoms with Gasteiger partial charge in [0.05, 0.1) is 0 Å². The summed E-state index contributed by atoms with van der Waals surface area (Å²) in [5, 5.41) is 8.61. The maximum Gasteiger partial charge on any atom is 0.330 e. The van der Waals surface area contributed by atoms with Crippen molar-refractivity contribution in [2.75, 3.05) is 6.54 Å². The minimum Gasteiger partial charge on any atom is -0.481 e. The molecule has 0 aliphatic carbocycles. The van der Waals surface area contributed by atoms with Crippen molar-refractivity contribution in [1.82, 2.24) is 13.9 Å². The van der Waals surface area contributed by atoms with Crippen LogP contribution in [-0.2, 0) is 28.9 Å². The predicted octanol–water partition coefficient (Wildman–Crippen LogP) is -1.53. The molecule has 0 saturated carbocycles. The van der Waals surface area contributed by atoms with E-state index in [1.54, 1.807) is 6.92 Å². The number of carboxylic acids is 1. The lowest BCUT2D eigenvalue weighted by atomic mass is 10.1. The molecule has 9 nitrogen and oxygen atoms in total. The summed E-state index contributed by atoms with van der Waals surface area (Å²) in [7, 11) is -1.62. The first kappa shape index (κ1) is 17.1. The summed E-state index contributed by atoms with van der Waals surface area (Å²) in [6.45, 7) is 1.44. The van der Waals surface area contributed by atoms with Crippen LogP contribution in [0.4, 0.5) is 0 Å². The van der Waals surface area contributed by atoms with Crippen molar-refractivity contribution in [3.8, 4) is 0 Å². The van der Waals surface area contributed by atoms with Crippen molar-refractivity contribution in [2.45, 2.75) is 18.2 Å². The Hall–Kier alpha value is -1.94. The Morgan fingerprint density at radius 2 is 1.95 bits per heavy atom. The molecule has 0 aromatic carbocycles. The Bertz CT molecular complexity index is 761. The SMILES string of the molecule is CC(CNS(=O)(=O)c1cn(C)c(=O)n(C)c1=O)CC(=O)O. The van der Waals surface area contributed by atoms with Crippen molar-refractivity contribution in [1.29, 1.82) is 0 Å². The molecule has 0 fully saturated rings. The van der Waals surface area contributed by atoms with Crippen LogP contribution in [0.2, 0.25) is 0 Å². The van der Waals surface area contributed by atoms with Gasteiger partial charge >= 0.3 is 11.7 Å². The first-order valence-electron chi connectivity index (χ1n) is 6.04. The lowest BCUT2D eigenvalue weighted by Crippen LogP contribution is -2.42. The fraction of sp³-hybridized carbons (Fsp3) is 0.545. The molecule has 0 aliphatic heterocycles. The summed E-state index contributed by atoms with van der Waals surface area (Å²) >= 11 is 0. The maximum atomic E-state index is 12.1. The van der Waals surface area contributed by atoms with E-state index >= 15 is 0 Å². The van der Waals surface area contributed by atoms with Crippen LogP contribution in [0.1, 0.15) is 13.3 Å². The molecule has 1 rings (SSSR count). The first-order chi connectivity index (χ1) is 9.56. The second kappa shape index (κ2) is 6.22. The molecule has 118 valence electrons. The summed E-state index contributed by atoms with van der Waals surface area (Å²) in [5.41, 5.74) is -1.57. The molecule has 0 bridgehead atoms. The van der Waals surface area contributed by atoms with E-state index in [0.29, 0.717) is 4.57 Å². The molecule has 1 atom stereocenters. The minimum absolute atomic E-state index is 0.124. The van der Waals surface area contributed by atoms with Gasteiger partial charge in [0.1, 0.15) is 0 Å². The van der Waals surface area contributed by atoms with E-state index in [-0.39, 0.29) is 13.0 Å². The van der Waals surface area contributed by atoms with Crippen molar-refractivity contribution in [3.63, 3.8) is 0 Å². The van der Waals surface area contributed by atoms with Crippen LogP contribution in [0.5, 0.6) is 0 Å². The molecule has 0 saturated heterocycles. The molecule has 1 aromatic heterocycles. The molecule has 0 amide bonds. The monoisotopic (exact) mass is 319 g/mol. The Labute approximate surface area is 120 Å². The highest BCUT2D eigenvalue weighted by Crippen LogP contribution is 2.04. The van der Waals surface area contributed by atoms with E-state index in [4.69, 9.17) is 5.11 Å². The third kappa shape index (κ3) is 4.02. The Morgan fingerprint density at radius 3 is 2.48 bits per heavy atom. The van der Waals surface area contributed by atoms with Crippen LogP contribution < -0.4 is 16.0 Å². The number of aryl methyl sites for hydroxylation is 1. The number of carbonyl (C=O) groups is 1. The van der Waals surface area contributed by atoms with Gasteiger partial charge in [-0.3, -0.25) is 14.2 Å². The summed E-state index contributed by atoms with van der Waals surface area (Å²) < 4.78 is 28.0. The number of rotatable bonds is 6. The predicted molar refractivity (Wildman–Crippen MR) is 73.5 cm³/mol. The maximum absolute atomic E-state index is 12.1. The second-order valence-electron chi connectivity index (χ2n) is 4.81. The fourth-order valence-electron chi connectivity index (χ4n) is 1.66. The van der Waals surface area contributed by atoms with Gasteiger partial charge < -0.3 is 9.67 Å². The van der Waals surface area contributed by atoms with Gasteiger partial charge in [-0.2, -0.15) is 0 Å². The van der Waals surface area contributed by atoms with Gasteiger partial charge in [-0.25, -0.2) is 17.9 Å². The van der Waals surface area contributed by atoms with Crippen LogP contribution in [0.3, 0.4) is 0 Å². The zero-order chi connectivity index (χ0) is 16.4. The topological polar surface area (TPSA) is 127 Å². The van der Waals surface area contributed by atoms with E-state index in [1.165, 1.54) is 14.1 Å². The van der Waals surface area contributed by atoms with Crippen molar-refractivity contribution >= 4 is 16.0 Å². The Morgan fingerprint density at radius 1 is 1.38 bits per heavy atom. The lowest BCUT2D eigenvalue weighted by molar-refractivity contribution is -0.137. The number of aliphatic carboxylic acids is 1. The van der Waals surface area contributed by atoms with Crippen LogP contribution in [-0.4, -0.2) is 35.2 Å². The zero-order valence-corrected chi connectivity index (χ0v) is 12.7. The average molecular weight is 319 g/mol. The smallest absolute Gasteiger partial charge is 0.330 e. The average Bonchev–Trinajstić information content (AvgIpc) is 2.37. The standard InChI is InChI=1S/C11H17N3O6S/c1-7(4-9(15)16)5-12-21(19,20)8-6-13(2)11(18)14(3)10(8)17/h6-7,12H,4-5H2,1-3H3,(H,15,16). The van der Waals surface area contributed by atoms with Gasteiger partial charge in [-0.05, 0) is 5.92 Å². The quantitative estimate of drug-likeness (QED) is 0.655. The van der Waals surface area contributed by atoms with E-state index in [9.17, 15) is 22.8 Å². The lowest BCUT2D eigenvalue weighted by Gasteiger charge is -2.12. The highest BCUT2D eigenvalue weighted by molar-refractivity contribution is 7.89. The Balaban J connectivity index is 3.08. The fourth-order valence-corrected chi connectivity index (χ4v) is 2.98. The van der Waals surface area contributed by atoms with Gasteiger partial charge in [0, 0.05) is 33.3 Å². The number of carboxylic acid groups (broad SMARTS) is 1. The number of hydrogen-bond acceptors (Lipinski definition) is 5. The molecule has 1 unspecified atom stereocenters. The summed E-state index contributed by atoms with van der Waals surface area (Å²) in [6.07, 6.45) is 0.739. The number of aromatic nitrogens is 2. The third-order valence-electron chi connectivity index (χ3n) is 2.85. The first-order valence-corrected chi connectivity index (χ1v) is 7.52. The summed E-state index contributed by atoms with van der Waals surface area (Å²) in [4.78, 5) is 33.3.